The van der Waals surface area contributed by atoms with Gasteiger partial charge in [-0.05, 0) is 60.7 Å². The Hall–Kier alpha value is -3.35. The molecule has 8 heteroatoms. The Bertz CT molecular complexity index is 1180. The van der Waals surface area contributed by atoms with E-state index < -0.39 is 12.1 Å². The zero-order chi connectivity index (χ0) is 22.7. The molecule has 0 aliphatic carbocycles. The average molecular weight is 469 g/mol. The predicted octanol–water partition coefficient (Wildman–Crippen LogP) is 4.02. The fourth-order valence-electron chi connectivity index (χ4n) is 3.54. The monoisotopic (exact) mass is 468 g/mol. The minimum atomic E-state index is -0.842. The highest BCUT2D eigenvalue weighted by molar-refractivity contribution is 6.33. The van der Waals surface area contributed by atoms with Crippen molar-refractivity contribution in [2.24, 2.45) is 0 Å². The summed E-state index contributed by atoms with van der Waals surface area (Å²) < 4.78 is 6.91. The number of nitrogens with one attached hydrogen (secondary N) is 2. The van der Waals surface area contributed by atoms with E-state index in [2.05, 4.69) is 10.7 Å². The van der Waals surface area contributed by atoms with Crippen LogP contribution in [0.15, 0.2) is 72.8 Å². The molecule has 162 valence electrons. The summed E-state index contributed by atoms with van der Waals surface area (Å²) in [5.74, 6) is -0.0224. The quantitative estimate of drug-likeness (QED) is 0.555. The van der Waals surface area contributed by atoms with Crippen molar-refractivity contribution >= 4 is 41.2 Å². The highest BCUT2D eigenvalue weighted by Crippen LogP contribution is 2.28. The van der Waals surface area contributed by atoms with Crippen LogP contribution in [0.2, 0.25) is 10.0 Å². The lowest BCUT2D eigenvalue weighted by molar-refractivity contribution is -0.596. The van der Waals surface area contributed by atoms with E-state index in [1.54, 1.807) is 48.3 Å². The zero-order valence-electron chi connectivity index (χ0n) is 17.1. The van der Waals surface area contributed by atoms with E-state index in [9.17, 15) is 9.59 Å². The number of methoxy groups -OCH3 is 1. The molecular weight excluding hydrogens is 449 g/mol. The first-order chi connectivity index (χ1) is 15.5. The van der Waals surface area contributed by atoms with Crippen molar-refractivity contribution in [1.29, 1.82) is 0 Å². The van der Waals surface area contributed by atoms with Gasteiger partial charge in [-0.1, -0.05) is 35.3 Å². The van der Waals surface area contributed by atoms with Crippen molar-refractivity contribution in [3.8, 4) is 5.75 Å². The number of halogens is 2. The molecule has 1 aliphatic rings. The fraction of sp³-hybridized carbons (Fsp3) is 0.125. The standard InChI is InChI=1S/C24H19Cl2N3O3/c1-32-19-12-8-15(9-13-19)22-21(27-23(30)16-6-10-18(25)11-7-16)24(31)28-29(22)14-17-4-2-3-5-20(17)26/h2-14,21-22H,1H3,(H-,27,28,30,31)/p+1/b29-14-/t21-,22+/m0/s1. The molecule has 0 bridgehead atoms. The molecule has 0 saturated carbocycles. The van der Waals surface area contributed by atoms with Crippen molar-refractivity contribution in [3.05, 3.63) is 99.5 Å². The van der Waals surface area contributed by atoms with Gasteiger partial charge in [0.05, 0.1) is 17.7 Å². The smallest absolute Gasteiger partial charge is 0.304 e. The molecule has 1 heterocycles. The molecule has 2 N–H and O–H groups in total. The Morgan fingerprint density at radius 3 is 2.38 bits per heavy atom. The topological polar surface area (TPSA) is 70.4 Å². The second-order valence-corrected chi connectivity index (χ2v) is 8.05. The van der Waals surface area contributed by atoms with Crippen LogP contribution in [0, 0.1) is 0 Å². The molecule has 1 saturated heterocycles. The SMILES string of the molecule is COc1ccc([C@@H]2[C@H](NC(=O)c3ccc(Cl)cc3)C(=O)N/[N+]2=C\c2ccccc2Cl)cc1. The second-order valence-electron chi connectivity index (χ2n) is 7.21. The van der Waals surface area contributed by atoms with Gasteiger partial charge in [-0.15, -0.1) is 10.1 Å². The molecule has 6 nitrogen and oxygen atoms in total. The van der Waals surface area contributed by atoms with Gasteiger partial charge in [0.1, 0.15) is 5.75 Å². The normalized spacial score (nSPS) is 19.0. The van der Waals surface area contributed by atoms with Gasteiger partial charge in [0.25, 0.3) is 5.91 Å². The highest BCUT2D eigenvalue weighted by Gasteiger charge is 2.47. The number of hydrogen-bond donors (Lipinski definition) is 2. The summed E-state index contributed by atoms with van der Waals surface area (Å²) in [6.45, 7) is 0. The van der Waals surface area contributed by atoms with Crippen molar-refractivity contribution in [2.75, 3.05) is 7.11 Å². The second kappa shape index (κ2) is 9.42. The summed E-state index contributed by atoms with van der Waals surface area (Å²) >= 11 is 12.2. The van der Waals surface area contributed by atoms with E-state index in [0.717, 1.165) is 11.1 Å². The van der Waals surface area contributed by atoms with E-state index in [1.807, 2.05) is 42.5 Å². The van der Waals surface area contributed by atoms with E-state index in [-0.39, 0.29) is 11.8 Å². The van der Waals surface area contributed by atoms with Gasteiger partial charge in [0, 0.05) is 16.1 Å². The molecular formula is C24H20Cl2N3O3+. The number of ether oxygens (including phenoxy) is 1. The molecule has 0 radical (unpaired) electrons. The molecule has 2 atom stereocenters. The van der Waals surface area contributed by atoms with Crippen LogP contribution in [0.4, 0.5) is 0 Å². The van der Waals surface area contributed by atoms with Crippen LogP contribution in [0.25, 0.3) is 0 Å². The van der Waals surface area contributed by atoms with Crippen LogP contribution in [-0.4, -0.2) is 35.9 Å². The lowest BCUT2D eigenvalue weighted by Gasteiger charge is -2.15. The van der Waals surface area contributed by atoms with E-state index in [0.29, 0.717) is 21.4 Å². The van der Waals surface area contributed by atoms with Crippen molar-refractivity contribution in [1.82, 2.24) is 10.7 Å². The predicted molar refractivity (Wildman–Crippen MR) is 123 cm³/mol. The first-order valence-electron chi connectivity index (χ1n) is 9.85. The number of benzene rings is 3. The molecule has 1 aliphatic heterocycles. The summed E-state index contributed by atoms with van der Waals surface area (Å²) in [4.78, 5) is 25.8. The van der Waals surface area contributed by atoms with Gasteiger partial charge < -0.3 is 10.1 Å². The zero-order valence-corrected chi connectivity index (χ0v) is 18.6. The first kappa shape index (κ1) is 21.9. The maximum absolute atomic E-state index is 12.9. The molecule has 0 unspecified atom stereocenters. The Kier molecular flexibility index (Phi) is 6.44. The van der Waals surface area contributed by atoms with Gasteiger partial charge in [-0.2, -0.15) is 0 Å². The summed E-state index contributed by atoms with van der Waals surface area (Å²) in [5, 5.41) is 3.92. The van der Waals surface area contributed by atoms with Gasteiger partial charge >= 0.3 is 5.91 Å². The molecule has 4 rings (SSSR count). The number of hydrogen-bond acceptors (Lipinski definition) is 3. The van der Waals surface area contributed by atoms with E-state index >= 15 is 0 Å². The van der Waals surface area contributed by atoms with Gasteiger partial charge in [0.2, 0.25) is 12.3 Å². The number of nitrogens with zero attached hydrogens (tertiary/aromatic N) is 1. The molecule has 3 aromatic carbocycles. The summed E-state index contributed by atoms with van der Waals surface area (Å²) in [6.07, 6.45) is 1.75. The molecule has 0 spiro atoms. The lowest BCUT2D eigenvalue weighted by Crippen LogP contribution is -2.42. The van der Waals surface area contributed by atoms with E-state index in [4.69, 9.17) is 27.9 Å². The first-order valence-corrected chi connectivity index (χ1v) is 10.6. The maximum atomic E-state index is 12.9. The van der Waals surface area contributed by atoms with Crippen LogP contribution < -0.4 is 15.5 Å². The Labute approximate surface area is 195 Å². The number of amides is 2. The van der Waals surface area contributed by atoms with Crippen LogP contribution >= 0.6 is 23.2 Å². The van der Waals surface area contributed by atoms with Gasteiger partial charge in [-0.25, -0.2) is 0 Å². The fourth-order valence-corrected chi connectivity index (χ4v) is 3.85. The number of carbonyl (C=O) groups excluding carboxylic acids is 2. The largest absolute Gasteiger partial charge is 0.497 e. The molecule has 2 amide bonds. The number of rotatable bonds is 5. The number of carbonyl (C=O) groups is 2. The van der Waals surface area contributed by atoms with Crippen LogP contribution in [0.5, 0.6) is 5.75 Å². The Morgan fingerprint density at radius 1 is 1.03 bits per heavy atom. The minimum absolute atomic E-state index is 0.337. The van der Waals surface area contributed by atoms with Crippen LogP contribution in [-0.2, 0) is 4.79 Å². The average Bonchev–Trinajstić information content (AvgIpc) is 3.10. The van der Waals surface area contributed by atoms with Crippen LogP contribution in [0.3, 0.4) is 0 Å². The van der Waals surface area contributed by atoms with Crippen molar-refractivity contribution < 1.29 is 19.0 Å². The third kappa shape index (κ3) is 4.61. The van der Waals surface area contributed by atoms with E-state index in [1.165, 1.54) is 0 Å². The summed E-state index contributed by atoms with van der Waals surface area (Å²) in [7, 11) is 1.59. The van der Waals surface area contributed by atoms with Crippen LogP contribution in [0.1, 0.15) is 27.5 Å². The Balaban J connectivity index is 1.71. The van der Waals surface area contributed by atoms with Crippen molar-refractivity contribution in [3.63, 3.8) is 0 Å². The third-order valence-corrected chi connectivity index (χ3v) is 5.77. The molecule has 0 aromatic heterocycles. The van der Waals surface area contributed by atoms with Crippen molar-refractivity contribution in [2.45, 2.75) is 12.1 Å². The molecule has 32 heavy (non-hydrogen) atoms. The summed E-state index contributed by atoms with van der Waals surface area (Å²) in [5.41, 5.74) is 4.79. The number of hydrazine groups is 1. The lowest BCUT2D eigenvalue weighted by atomic mass is 9.99. The summed E-state index contributed by atoms with van der Waals surface area (Å²) in [6, 6.07) is 19.8. The van der Waals surface area contributed by atoms with Gasteiger partial charge in [-0.3, -0.25) is 9.59 Å². The number of hydrazone groups is 1. The third-order valence-electron chi connectivity index (χ3n) is 5.17. The minimum Gasteiger partial charge on any atom is -0.497 e. The Morgan fingerprint density at radius 2 is 1.72 bits per heavy atom. The molecule has 3 aromatic rings. The van der Waals surface area contributed by atoms with Gasteiger partial charge in [0.15, 0.2) is 6.04 Å². The highest BCUT2D eigenvalue weighted by atomic mass is 35.5. The molecule has 1 fully saturated rings. The maximum Gasteiger partial charge on any atom is 0.304 e.